The molecule has 5 heterocycles. The highest BCUT2D eigenvalue weighted by Gasteiger charge is 2.31. The van der Waals surface area contributed by atoms with Crippen molar-refractivity contribution in [2.75, 3.05) is 23.7 Å². The molecule has 0 aromatic carbocycles. The SMILES string of the molecule is Nc1cnc(-c2nc(N3CC4=CCC(C3)O4)nc3c2ncn3C2CCCCCC2)cn1. The van der Waals surface area contributed by atoms with Gasteiger partial charge in [-0.05, 0) is 18.9 Å². The minimum atomic E-state index is 0.176. The van der Waals surface area contributed by atoms with Gasteiger partial charge in [0.25, 0.3) is 0 Å². The van der Waals surface area contributed by atoms with Crippen LogP contribution in [0, 0.1) is 0 Å². The fraction of sp³-hybridized carbons (Fsp3) is 0.500. The minimum Gasteiger partial charge on any atom is -0.491 e. The van der Waals surface area contributed by atoms with Gasteiger partial charge < -0.3 is 19.9 Å². The lowest BCUT2D eigenvalue weighted by atomic mass is 10.1. The Balaban J connectivity index is 1.49. The predicted octanol–water partition coefficient (Wildman–Crippen LogP) is 3.25. The van der Waals surface area contributed by atoms with Crippen LogP contribution in [0.4, 0.5) is 11.8 Å². The van der Waals surface area contributed by atoms with Crippen molar-refractivity contribution in [1.82, 2.24) is 29.5 Å². The molecule has 3 aliphatic rings. The third kappa shape index (κ3) is 3.37. The zero-order valence-corrected chi connectivity index (χ0v) is 17.4. The molecule has 1 atom stereocenters. The van der Waals surface area contributed by atoms with Gasteiger partial charge in [0.15, 0.2) is 5.65 Å². The smallest absolute Gasteiger partial charge is 0.228 e. The number of morpholine rings is 1. The number of nitrogens with zero attached hydrogens (tertiary/aromatic N) is 7. The summed E-state index contributed by atoms with van der Waals surface area (Å²) in [4.78, 5) is 25.6. The molecule has 2 bridgehead atoms. The molecule has 9 nitrogen and oxygen atoms in total. The van der Waals surface area contributed by atoms with E-state index in [0.29, 0.717) is 35.7 Å². The van der Waals surface area contributed by atoms with Crippen molar-refractivity contribution in [2.24, 2.45) is 0 Å². The van der Waals surface area contributed by atoms with E-state index in [0.717, 1.165) is 42.7 Å². The third-order valence-electron chi connectivity index (χ3n) is 6.52. The van der Waals surface area contributed by atoms with E-state index < -0.39 is 0 Å². The first kappa shape index (κ1) is 18.5. The molecule has 6 rings (SSSR count). The number of nitrogen functional groups attached to an aromatic ring is 1. The molecule has 1 aliphatic carbocycles. The van der Waals surface area contributed by atoms with Crippen LogP contribution < -0.4 is 10.6 Å². The number of hydrogen-bond donors (Lipinski definition) is 1. The van der Waals surface area contributed by atoms with E-state index in [4.69, 9.17) is 25.4 Å². The Kier molecular flexibility index (Phi) is 4.47. The van der Waals surface area contributed by atoms with Crippen LogP contribution in [0.3, 0.4) is 0 Å². The second kappa shape index (κ2) is 7.47. The zero-order valence-electron chi connectivity index (χ0n) is 17.4. The average Bonchev–Trinajstić information content (AvgIpc) is 3.25. The Bertz CT molecular complexity index is 1130. The van der Waals surface area contributed by atoms with Gasteiger partial charge in [0.1, 0.15) is 34.6 Å². The second-order valence-corrected chi connectivity index (χ2v) is 8.69. The second-order valence-electron chi connectivity index (χ2n) is 8.69. The van der Waals surface area contributed by atoms with Crippen LogP contribution in [-0.2, 0) is 4.74 Å². The molecule has 3 aromatic heterocycles. The summed E-state index contributed by atoms with van der Waals surface area (Å²) < 4.78 is 8.15. The van der Waals surface area contributed by atoms with Crippen molar-refractivity contribution in [3.63, 3.8) is 0 Å². The lowest BCUT2D eigenvalue weighted by Gasteiger charge is -2.31. The van der Waals surface area contributed by atoms with Crippen LogP contribution in [0.5, 0.6) is 0 Å². The van der Waals surface area contributed by atoms with Gasteiger partial charge in [0.2, 0.25) is 5.95 Å². The van der Waals surface area contributed by atoms with Crippen molar-refractivity contribution < 1.29 is 4.74 Å². The molecule has 2 fully saturated rings. The predicted molar refractivity (Wildman–Crippen MR) is 117 cm³/mol. The summed E-state index contributed by atoms with van der Waals surface area (Å²) >= 11 is 0. The first-order chi connectivity index (χ1) is 15.2. The van der Waals surface area contributed by atoms with Crippen LogP contribution in [0.25, 0.3) is 22.6 Å². The summed E-state index contributed by atoms with van der Waals surface area (Å²) in [6.07, 6.45) is 15.9. The number of anilines is 2. The van der Waals surface area contributed by atoms with E-state index in [2.05, 4.69) is 25.5 Å². The van der Waals surface area contributed by atoms with E-state index in [1.807, 2.05) is 6.33 Å². The van der Waals surface area contributed by atoms with Gasteiger partial charge in [-0.3, -0.25) is 0 Å². The molecule has 1 saturated carbocycles. The van der Waals surface area contributed by atoms with Gasteiger partial charge in [-0.2, -0.15) is 4.98 Å². The largest absolute Gasteiger partial charge is 0.491 e. The topological polar surface area (TPSA) is 108 Å². The quantitative estimate of drug-likeness (QED) is 0.646. The maximum Gasteiger partial charge on any atom is 0.228 e. The number of aromatic nitrogens is 6. The standard InChI is InChI=1S/C22H26N8O/c23-18-10-24-17(9-25-18)19-20-21(30(13-26-20)14-5-3-1-2-4-6-14)28-22(27-19)29-11-15-7-8-16(12-29)31-15/h7,9-10,13-14,16H,1-6,8,11-12H2,(H2,23,25). The Morgan fingerprint density at radius 2 is 1.87 bits per heavy atom. The van der Waals surface area contributed by atoms with Crippen LogP contribution in [0.15, 0.2) is 30.6 Å². The first-order valence-electron chi connectivity index (χ1n) is 11.2. The highest BCUT2D eigenvalue weighted by Crippen LogP contribution is 2.34. The van der Waals surface area contributed by atoms with E-state index in [-0.39, 0.29) is 6.10 Å². The van der Waals surface area contributed by atoms with Crippen LogP contribution in [0.1, 0.15) is 51.0 Å². The van der Waals surface area contributed by atoms with Crippen molar-refractivity contribution in [1.29, 1.82) is 0 Å². The Morgan fingerprint density at radius 1 is 1.00 bits per heavy atom. The van der Waals surface area contributed by atoms with Crippen molar-refractivity contribution >= 4 is 22.9 Å². The molecule has 1 unspecified atom stereocenters. The van der Waals surface area contributed by atoms with Gasteiger partial charge in [-0.1, -0.05) is 25.7 Å². The molecule has 2 N–H and O–H groups in total. The maximum absolute atomic E-state index is 5.89. The molecule has 1 saturated heterocycles. The molecule has 0 spiro atoms. The summed E-state index contributed by atoms with van der Waals surface area (Å²) in [7, 11) is 0. The Morgan fingerprint density at radius 3 is 2.65 bits per heavy atom. The highest BCUT2D eigenvalue weighted by molar-refractivity contribution is 5.87. The fourth-order valence-corrected chi connectivity index (χ4v) is 4.93. The summed E-state index contributed by atoms with van der Waals surface area (Å²) in [5.74, 6) is 2.08. The van der Waals surface area contributed by atoms with E-state index in [1.54, 1.807) is 12.4 Å². The molecule has 2 aliphatic heterocycles. The summed E-state index contributed by atoms with van der Waals surface area (Å²) in [5.41, 5.74) is 8.76. The molecule has 9 heteroatoms. The number of imidazole rings is 1. The molecule has 31 heavy (non-hydrogen) atoms. The van der Waals surface area contributed by atoms with Crippen LogP contribution >= 0.6 is 0 Å². The Labute approximate surface area is 180 Å². The van der Waals surface area contributed by atoms with Gasteiger partial charge in [-0.25, -0.2) is 19.9 Å². The normalized spacial score (nSPS) is 21.7. The Hall–Kier alpha value is -3.23. The average molecular weight is 419 g/mol. The monoisotopic (exact) mass is 418 g/mol. The number of ether oxygens (including phenoxy) is 1. The van der Waals surface area contributed by atoms with E-state index in [9.17, 15) is 0 Å². The van der Waals surface area contributed by atoms with Gasteiger partial charge in [-0.15, -0.1) is 0 Å². The molecule has 0 amide bonds. The summed E-state index contributed by atoms with van der Waals surface area (Å²) in [5, 5.41) is 0. The van der Waals surface area contributed by atoms with Crippen molar-refractivity contribution in [3.05, 3.63) is 30.6 Å². The van der Waals surface area contributed by atoms with Crippen LogP contribution in [-0.4, -0.2) is 48.7 Å². The number of fused-ring (bicyclic) bond motifs is 3. The molecule has 160 valence electrons. The lowest BCUT2D eigenvalue weighted by molar-refractivity contribution is 0.124. The molecule has 3 aromatic rings. The summed E-state index contributed by atoms with van der Waals surface area (Å²) in [6.45, 7) is 1.46. The van der Waals surface area contributed by atoms with E-state index in [1.165, 1.54) is 25.7 Å². The van der Waals surface area contributed by atoms with Crippen molar-refractivity contribution in [2.45, 2.75) is 57.1 Å². The van der Waals surface area contributed by atoms with Gasteiger partial charge in [0, 0.05) is 12.5 Å². The molecule has 0 radical (unpaired) electrons. The van der Waals surface area contributed by atoms with Gasteiger partial charge in [0.05, 0.1) is 31.8 Å². The number of rotatable bonds is 3. The minimum absolute atomic E-state index is 0.176. The zero-order chi connectivity index (χ0) is 20.8. The van der Waals surface area contributed by atoms with Crippen molar-refractivity contribution in [3.8, 4) is 11.4 Å². The molecular weight excluding hydrogens is 392 g/mol. The number of nitrogens with two attached hydrogens (primary N) is 1. The first-order valence-corrected chi connectivity index (χ1v) is 11.2. The summed E-state index contributed by atoms with van der Waals surface area (Å²) in [6, 6.07) is 0.421. The fourth-order valence-electron chi connectivity index (χ4n) is 4.93. The lowest BCUT2D eigenvalue weighted by Crippen LogP contribution is -2.39. The highest BCUT2D eigenvalue weighted by atomic mass is 16.5. The van der Waals surface area contributed by atoms with E-state index >= 15 is 0 Å². The van der Waals surface area contributed by atoms with Gasteiger partial charge >= 0.3 is 0 Å². The maximum atomic E-state index is 5.89. The molecular formula is C22H26N8O. The third-order valence-corrected chi connectivity index (χ3v) is 6.52. The van der Waals surface area contributed by atoms with Crippen LogP contribution in [0.2, 0.25) is 0 Å². The number of hydrogen-bond acceptors (Lipinski definition) is 8.